The fraction of sp³-hybridized carbons (Fsp3) is 0.333. The smallest absolute Gasteiger partial charge is 0.309 e. The van der Waals surface area contributed by atoms with Gasteiger partial charge in [0.15, 0.2) is 17.6 Å². The molecule has 0 spiro atoms. The van der Waals surface area contributed by atoms with E-state index < -0.39 is 0 Å². The van der Waals surface area contributed by atoms with Gasteiger partial charge in [-0.25, -0.2) is 4.98 Å². The molecule has 8 nitrogen and oxygen atoms in total. The molecule has 1 amide bonds. The molecule has 0 aliphatic carbocycles. The summed E-state index contributed by atoms with van der Waals surface area (Å²) in [5.41, 5.74) is 2.42. The average Bonchev–Trinajstić information content (AvgIpc) is 3.56. The van der Waals surface area contributed by atoms with E-state index in [2.05, 4.69) is 34.1 Å². The maximum absolute atomic E-state index is 13.4. The summed E-state index contributed by atoms with van der Waals surface area (Å²) in [4.78, 5) is 21.8. The van der Waals surface area contributed by atoms with Crippen LogP contribution in [0.2, 0.25) is 0 Å². The van der Waals surface area contributed by atoms with Crippen LogP contribution in [0.3, 0.4) is 0 Å². The van der Waals surface area contributed by atoms with Crippen molar-refractivity contribution in [2.24, 2.45) is 5.92 Å². The summed E-state index contributed by atoms with van der Waals surface area (Å²) in [5, 5.41) is 0. The SMILES string of the molecule is O=C(c1ncco1)N(CC1CCN(Cc2ccccc2)CC1)CC1COc2ccc(OCc3ccccc3)cc2O1. The first-order valence-electron chi connectivity index (χ1n) is 14.2. The van der Waals surface area contributed by atoms with Gasteiger partial charge in [-0.1, -0.05) is 60.7 Å². The number of hydrogen-bond acceptors (Lipinski definition) is 7. The van der Waals surface area contributed by atoms with E-state index in [1.54, 1.807) is 0 Å². The van der Waals surface area contributed by atoms with E-state index in [4.69, 9.17) is 18.6 Å². The lowest BCUT2D eigenvalue weighted by atomic mass is 9.95. The zero-order chi connectivity index (χ0) is 27.9. The molecule has 212 valence electrons. The molecule has 0 saturated carbocycles. The first-order chi connectivity index (χ1) is 20.2. The molecule has 1 unspecified atom stereocenters. The third kappa shape index (κ3) is 7.08. The van der Waals surface area contributed by atoms with Crippen LogP contribution in [0.15, 0.2) is 95.7 Å². The van der Waals surface area contributed by atoms with E-state index in [1.165, 1.54) is 18.0 Å². The van der Waals surface area contributed by atoms with Crippen LogP contribution in [0.5, 0.6) is 17.2 Å². The number of ether oxygens (including phenoxy) is 3. The maximum atomic E-state index is 13.4. The Morgan fingerprint density at radius 2 is 1.68 bits per heavy atom. The number of rotatable bonds is 10. The van der Waals surface area contributed by atoms with Crippen molar-refractivity contribution in [1.29, 1.82) is 0 Å². The summed E-state index contributed by atoms with van der Waals surface area (Å²) < 4.78 is 23.7. The minimum Gasteiger partial charge on any atom is -0.489 e. The van der Waals surface area contributed by atoms with Gasteiger partial charge in [-0.05, 0) is 55.1 Å². The van der Waals surface area contributed by atoms with E-state index in [-0.39, 0.29) is 17.9 Å². The molecule has 1 fully saturated rings. The number of likely N-dealkylation sites (tertiary alicyclic amines) is 1. The highest BCUT2D eigenvalue weighted by molar-refractivity contribution is 5.89. The fourth-order valence-electron chi connectivity index (χ4n) is 5.45. The van der Waals surface area contributed by atoms with Crippen LogP contribution < -0.4 is 14.2 Å². The van der Waals surface area contributed by atoms with Crippen LogP contribution >= 0.6 is 0 Å². The Balaban J connectivity index is 1.08. The largest absolute Gasteiger partial charge is 0.489 e. The Hall–Kier alpha value is -4.30. The van der Waals surface area contributed by atoms with E-state index >= 15 is 0 Å². The molecule has 1 saturated heterocycles. The molecule has 6 rings (SSSR count). The molecule has 0 N–H and O–H groups in total. The zero-order valence-electron chi connectivity index (χ0n) is 23.1. The third-order valence-electron chi connectivity index (χ3n) is 7.64. The quantitative estimate of drug-likeness (QED) is 0.259. The number of aromatic nitrogens is 1. The molecule has 3 aromatic carbocycles. The van der Waals surface area contributed by atoms with E-state index in [9.17, 15) is 4.79 Å². The van der Waals surface area contributed by atoms with Crippen molar-refractivity contribution in [1.82, 2.24) is 14.8 Å². The minimum absolute atomic E-state index is 0.0974. The molecule has 1 aromatic heterocycles. The molecule has 3 heterocycles. The number of carbonyl (C=O) groups excluding carboxylic acids is 1. The van der Waals surface area contributed by atoms with E-state index in [0.717, 1.165) is 38.0 Å². The molecule has 8 heteroatoms. The highest BCUT2D eigenvalue weighted by Gasteiger charge is 2.31. The predicted molar refractivity (Wildman–Crippen MR) is 154 cm³/mol. The van der Waals surface area contributed by atoms with Crippen molar-refractivity contribution >= 4 is 5.91 Å². The average molecular weight is 554 g/mol. The summed E-state index contributed by atoms with van der Waals surface area (Å²) in [5.74, 6) is 2.24. The molecular formula is C33H35N3O5. The second-order valence-corrected chi connectivity index (χ2v) is 10.7. The Morgan fingerprint density at radius 1 is 0.927 bits per heavy atom. The Kier molecular flexibility index (Phi) is 8.47. The van der Waals surface area contributed by atoms with Gasteiger partial charge in [-0.3, -0.25) is 9.69 Å². The molecule has 0 bridgehead atoms. The normalized spacial score (nSPS) is 17.2. The number of piperidine rings is 1. The van der Waals surface area contributed by atoms with Gasteiger partial charge < -0.3 is 23.5 Å². The standard InChI is InChI=1S/C33H35N3O5/c37-33(32-34-15-18-38-32)36(21-26-13-16-35(17-14-26)20-25-7-3-1-4-8-25)22-29-24-40-30-12-11-28(19-31(30)41-29)39-23-27-9-5-2-6-10-27/h1-12,15,18-19,26,29H,13-14,16-17,20-24H2. The molecule has 1 atom stereocenters. The minimum atomic E-state index is -0.330. The molecular weight excluding hydrogens is 518 g/mol. The van der Waals surface area contributed by atoms with Crippen molar-refractivity contribution in [2.45, 2.75) is 32.1 Å². The highest BCUT2D eigenvalue weighted by Crippen LogP contribution is 2.35. The summed E-state index contributed by atoms with van der Waals surface area (Å²) in [6, 6.07) is 26.2. The molecule has 4 aromatic rings. The second kappa shape index (κ2) is 12.9. The topological polar surface area (TPSA) is 77.3 Å². The van der Waals surface area contributed by atoms with Gasteiger partial charge in [-0.15, -0.1) is 0 Å². The van der Waals surface area contributed by atoms with Gasteiger partial charge in [0.25, 0.3) is 5.89 Å². The van der Waals surface area contributed by atoms with Gasteiger partial charge in [0, 0.05) is 19.2 Å². The van der Waals surface area contributed by atoms with Crippen LogP contribution in [0.4, 0.5) is 0 Å². The highest BCUT2D eigenvalue weighted by atomic mass is 16.6. The lowest BCUT2D eigenvalue weighted by Gasteiger charge is -2.36. The van der Waals surface area contributed by atoms with Crippen LogP contribution in [-0.4, -0.2) is 59.6 Å². The first kappa shape index (κ1) is 26.9. The van der Waals surface area contributed by atoms with Crippen molar-refractivity contribution in [3.05, 3.63) is 108 Å². The Bertz CT molecular complexity index is 1390. The number of hydrogen-bond donors (Lipinski definition) is 0. The lowest BCUT2D eigenvalue weighted by molar-refractivity contribution is 0.0362. The monoisotopic (exact) mass is 553 g/mol. The van der Waals surface area contributed by atoms with Crippen molar-refractivity contribution in [3.8, 4) is 17.2 Å². The van der Waals surface area contributed by atoms with Crippen molar-refractivity contribution in [2.75, 3.05) is 32.8 Å². The van der Waals surface area contributed by atoms with Gasteiger partial charge in [0.2, 0.25) is 0 Å². The van der Waals surface area contributed by atoms with E-state index in [0.29, 0.717) is 49.5 Å². The van der Waals surface area contributed by atoms with Crippen molar-refractivity contribution in [3.63, 3.8) is 0 Å². The molecule has 0 radical (unpaired) electrons. The molecule has 41 heavy (non-hydrogen) atoms. The summed E-state index contributed by atoms with van der Waals surface area (Å²) in [6.45, 7) is 4.77. The third-order valence-corrected chi connectivity index (χ3v) is 7.64. The second-order valence-electron chi connectivity index (χ2n) is 10.7. The Morgan fingerprint density at radius 3 is 2.41 bits per heavy atom. The zero-order valence-corrected chi connectivity index (χ0v) is 23.1. The first-order valence-corrected chi connectivity index (χ1v) is 14.2. The summed E-state index contributed by atoms with van der Waals surface area (Å²) in [6.07, 6.45) is 4.65. The number of carbonyl (C=O) groups is 1. The molecule has 2 aliphatic heterocycles. The van der Waals surface area contributed by atoms with Crippen molar-refractivity contribution < 1.29 is 23.4 Å². The Labute approximate surface area is 240 Å². The van der Waals surface area contributed by atoms with Crippen LogP contribution in [0.25, 0.3) is 0 Å². The van der Waals surface area contributed by atoms with E-state index in [1.807, 2.05) is 59.5 Å². The van der Waals surface area contributed by atoms with Gasteiger partial charge in [0.05, 0.1) is 12.7 Å². The summed E-state index contributed by atoms with van der Waals surface area (Å²) in [7, 11) is 0. The fourth-order valence-corrected chi connectivity index (χ4v) is 5.45. The number of fused-ring (bicyclic) bond motifs is 1. The predicted octanol–water partition coefficient (Wildman–Crippen LogP) is 5.45. The number of benzene rings is 3. The summed E-state index contributed by atoms with van der Waals surface area (Å²) >= 11 is 0. The number of amides is 1. The number of nitrogens with zero attached hydrogens (tertiary/aromatic N) is 3. The van der Waals surface area contributed by atoms with Crippen LogP contribution in [-0.2, 0) is 13.2 Å². The van der Waals surface area contributed by atoms with Crippen LogP contribution in [0.1, 0.15) is 34.7 Å². The maximum Gasteiger partial charge on any atom is 0.309 e. The van der Waals surface area contributed by atoms with Gasteiger partial charge in [0.1, 0.15) is 25.2 Å². The van der Waals surface area contributed by atoms with Gasteiger partial charge >= 0.3 is 5.91 Å². The van der Waals surface area contributed by atoms with Gasteiger partial charge in [-0.2, -0.15) is 0 Å². The van der Waals surface area contributed by atoms with Crippen LogP contribution in [0, 0.1) is 5.92 Å². The number of oxazole rings is 1. The lowest BCUT2D eigenvalue weighted by Crippen LogP contribution is -2.47. The molecule has 2 aliphatic rings.